The molecule has 1 aliphatic rings. The summed E-state index contributed by atoms with van der Waals surface area (Å²) < 4.78 is 5.39. The number of fused-ring (bicyclic) bond motifs is 1. The van der Waals surface area contributed by atoms with Crippen molar-refractivity contribution in [1.29, 1.82) is 0 Å². The van der Waals surface area contributed by atoms with E-state index in [4.69, 9.17) is 4.74 Å². The summed E-state index contributed by atoms with van der Waals surface area (Å²) >= 11 is 0. The fraction of sp³-hybridized carbons (Fsp3) is 0.450. The van der Waals surface area contributed by atoms with Gasteiger partial charge < -0.3 is 4.74 Å². The highest BCUT2D eigenvalue weighted by Crippen LogP contribution is 2.27. The molecule has 0 bridgehead atoms. The van der Waals surface area contributed by atoms with E-state index < -0.39 is 0 Å². The number of nitrogens with one attached hydrogen (secondary N) is 1. The van der Waals surface area contributed by atoms with Crippen LogP contribution in [0.1, 0.15) is 39.3 Å². The molecular weight excluding hydrogens is 342 g/mol. The van der Waals surface area contributed by atoms with Gasteiger partial charge in [-0.05, 0) is 38.7 Å². The van der Waals surface area contributed by atoms with Crippen LogP contribution in [0, 0.1) is 18.8 Å². The molecule has 0 radical (unpaired) electrons. The van der Waals surface area contributed by atoms with E-state index in [1.807, 2.05) is 32.0 Å². The summed E-state index contributed by atoms with van der Waals surface area (Å²) in [7, 11) is 1.60. The molecule has 1 aromatic heterocycles. The van der Waals surface area contributed by atoms with Crippen molar-refractivity contribution in [2.75, 3.05) is 7.11 Å². The Kier molecular flexibility index (Phi) is 5.48. The Morgan fingerprint density at radius 1 is 1.26 bits per heavy atom. The SMILES string of the molecule is COc1cccc2c(C)nc(/N=C3/N=C(C)C(CCC(C)C)C(=O)N3)nc12. The molecule has 3 rings (SSSR count). The predicted octanol–water partition coefficient (Wildman–Crippen LogP) is 3.58. The number of carbonyl (C=O) groups is 1. The summed E-state index contributed by atoms with van der Waals surface area (Å²) in [6, 6.07) is 5.68. The number of aliphatic imine (C=N–C) groups is 2. The third-order valence-corrected chi connectivity index (χ3v) is 4.66. The van der Waals surface area contributed by atoms with E-state index in [9.17, 15) is 4.79 Å². The van der Waals surface area contributed by atoms with Crippen LogP contribution in [0.25, 0.3) is 10.9 Å². The standard InChI is InChI=1S/C20H25N5O2/c1-11(2)9-10-15-13(4)22-20(24-18(15)26)25-19-21-12(3)14-7-6-8-16(27-5)17(14)23-19/h6-8,11,15H,9-10H2,1-5H3,(H,21,23,24,25,26). The molecule has 142 valence electrons. The van der Waals surface area contributed by atoms with Crippen LogP contribution in [0.2, 0.25) is 0 Å². The largest absolute Gasteiger partial charge is 0.494 e. The smallest absolute Gasteiger partial charge is 0.253 e. The number of para-hydroxylation sites is 1. The number of hydrogen-bond acceptors (Lipinski definition) is 5. The molecule has 27 heavy (non-hydrogen) atoms. The number of hydrogen-bond donors (Lipinski definition) is 1. The van der Waals surface area contributed by atoms with E-state index >= 15 is 0 Å². The normalized spacial score (nSPS) is 18.7. The molecule has 0 spiro atoms. The number of ether oxygens (including phenoxy) is 1. The van der Waals surface area contributed by atoms with Crippen LogP contribution in [0.4, 0.5) is 5.95 Å². The summed E-state index contributed by atoms with van der Waals surface area (Å²) in [5.41, 5.74) is 2.24. The lowest BCUT2D eigenvalue weighted by molar-refractivity contribution is -0.122. The van der Waals surface area contributed by atoms with Gasteiger partial charge in [0.05, 0.1) is 18.7 Å². The number of methoxy groups -OCH3 is 1. The molecule has 1 aliphatic heterocycles. The first kappa shape index (κ1) is 18.9. The number of guanidine groups is 1. The van der Waals surface area contributed by atoms with Crippen LogP contribution in [0.3, 0.4) is 0 Å². The molecule has 7 heteroatoms. The first-order chi connectivity index (χ1) is 12.9. The van der Waals surface area contributed by atoms with Crippen molar-refractivity contribution in [2.45, 2.75) is 40.5 Å². The lowest BCUT2D eigenvalue weighted by Crippen LogP contribution is -2.43. The maximum atomic E-state index is 12.5. The predicted molar refractivity (Wildman–Crippen MR) is 107 cm³/mol. The average molecular weight is 367 g/mol. The Bertz CT molecular complexity index is 933. The van der Waals surface area contributed by atoms with Crippen molar-refractivity contribution in [3.8, 4) is 5.75 Å². The summed E-state index contributed by atoms with van der Waals surface area (Å²) in [6.45, 7) is 8.05. The van der Waals surface area contributed by atoms with E-state index in [1.54, 1.807) is 7.11 Å². The highest BCUT2D eigenvalue weighted by Gasteiger charge is 2.27. The molecule has 0 fully saturated rings. The number of benzene rings is 1. The van der Waals surface area contributed by atoms with Crippen LogP contribution in [0.5, 0.6) is 5.75 Å². The van der Waals surface area contributed by atoms with Gasteiger partial charge in [0.25, 0.3) is 5.95 Å². The number of carbonyl (C=O) groups excluding carboxylic acids is 1. The van der Waals surface area contributed by atoms with Gasteiger partial charge in [-0.2, -0.15) is 4.99 Å². The van der Waals surface area contributed by atoms with E-state index in [1.165, 1.54) is 0 Å². The van der Waals surface area contributed by atoms with E-state index in [0.29, 0.717) is 17.2 Å². The molecule has 2 aromatic rings. The number of amides is 1. The molecule has 1 atom stereocenters. The van der Waals surface area contributed by atoms with Crippen molar-refractivity contribution in [1.82, 2.24) is 15.3 Å². The van der Waals surface area contributed by atoms with Crippen LogP contribution < -0.4 is 10.1 Å². The van der Waals surface area contributed by atoms with Crippen LogP contribution in [0.15, 0.2) is 28.2 Å². The maximum Gasteiger partial charge on any atom is 0.253 e. The summed E-state index contributed by atoms with van der Waals surface area (Å²) in [5.74, 6) is 1.40. The van der Waals surface area contributed by atoms with Gasteiger partial charge in [0.2, 0.25) is 11.9 Å². The second-order valence-corrected chi connectivity index (χ2v) is 7.17. The fourth-order valence-corrected chi connectivity index (χ4v) is 3.13. The fourth-order valence-electron chi connectivity index (χ4n) is 3.13. The van der Waals surface area contributed by atoms with Gasteiger partial charge in [0.1, 0.15) is 11.3 Å². The second-order valence-electron chi connectivity index (χ2n) is 7.17. The van der Waals surface area contributed by atoms with Gasteiger partial charge in [0.15, 0.2) is 0 Å². The monoisotopic (exact) mass is 367 g/mol. The molecule has 1 aromatic carbocycles. The van der Waals surface area contributed by atoms with Crippen LogP contribution >= 0.6 is 0 Å². The Hall–Kier alpha value is -2.83. The highest BCUT2D eigenvalue weighted by molar-refractivity contribution is 6.17. The number of nitrogens with zero attached hydrogens (tertiary/aromatic N) is 4. The highest BCUT2D eigenvalue weighted by atomic mass is 16.5. The minimum Gasteiger partial charge on any atom is -0.494 e. The number of aromatic nitrogens is 2. The van der Waals surface area contributed by atoms with Gasteiger partial charge >= 0.3 is 0 Å². The zero-order valence-electron chi connectivity index (χ0n) is 16.4. The number of rotatable bonds is 5. The van der Waals surface area contributed by atoms with Gasteiger partial charge in [-0.25, -0.2) is 15.0 Å². The maximum absolute atomic E-state index is 12.5. The molecule has 1 unspecified atom stereocenters. The first-order valence-electron chi connectivity index (χ1n) is 9.15. The van der Waals surface area contributed by atoms with Crippen molar-refractivity contribution < 1.29 is 9.53 Å². The van der Waals surface area contributed by atoms with Gasteiger partial charge in [0, 0.05) is 11.1 Å². The minimum atomic E-state index is -0.203. The van der Waals surface area contributed by atoms with Gasteiger partial charge in [-0.3, -0.25) is 10.1 Å². The molecule has 0 saturated heterocycles. The molecule has 1 N–H and O–H groups in total. The Morgan fingerprint density at radius 3 is 2.70 bits per heavy atom. The Labute approximate surface area is 159 Å². The lowest BCUT2D eigenvalue weighted by atomic mass is 9.93. The van der Waals surface area contributed by atoms with E-state index in [0.717, 1.165) is 29.6 Å². The average Bonchev–Trinajstić information content (AvgIpc) is 2.60. The topological polar surface area (TPSA) is 88.8 Å². The first-order valence-corrected chi connectivity index (χ1v) is 9.15. The molecule has 2 heterocycles. The quantitative estimate of drug-likeness (QED) is 0.875. The molecule has 1 amide bonds. The summed E-state index contributed by atoms with van der Waals surface area (Å²) in [6.07, 6.45) is 1.76. The third kappa shape index (κ3) is 4.13. The van der Waals surface area contributed by atoms with Crippen molar-refractivity contribution in [3.63, 3.8) is 0 Å². The Morgan fingerprint density at radius 2 is 2.04 bits per heavy atom. The molecule has 0 saturated carbocycles. The van der Waals surface area contributed by atoms with Gasteiger partial charge in [-0.1, -0.05) is 26.0 Å². The Balaban J connectivity index is 1.94. The summed E-state index contributed by atoms with van der Waals surface area (Å²) in [5, 5.41) is 3.68. The third-order valence-electron chi connectivity index (χ3n) is 4.66. The minimum absolute atomic E-state index is 0.0722. The number of aryl methyl sites for hydroxylation is 1. The summed E-state index contributed by atoms with van der Waals surface area (Å²) in [4.78, 5) is 30.2. The molecule has 7 nitrogen and oxygen atoms in total. The van der Waals surface area contributed by atoms with Gasteiger partial charge in [-0.15, -0.1) is 0 Å². The van der Waals surface area contributed by atoms with Crippen molar-refractivity contribution in [2.24, 2.45) is 21.8 Å². The van der Waals surface area contributed by atoms with Crippen molar-refractivity contribution >= 4 is 34.4 Å². The molecular formula is C20H25N5O2. The van der Waals surface area contributed by atoms with Crippen molar-refractivity contribution in [3.05, 3.63) is 23.9 Å². The van der Waals surface area contributed by atoms with Crippen LogP contribution in [-0.2, 0) is 4.79 Å². The second kappa shape index (κ2) is 7.82. The zero-order valence-corrected chi connectivity index (χ0v) is 16.4. The van der Waals surface area contributed by atoms with E-state index in [-0.39, 0.29) is 23.7 Å². The molecule has 0 aliphatic carbocycles. The van der Waals surface area contributed by atoms with E-state index in [2.05, 4.69) is 39.1 Å². The zero-order chi connectivity index (χ0) is 19.6. The van der Waals surface area contributed by atoms with Crippen LogP contribution in [-0.4, -0.2) is 34.7 Å². The lowest BCUT2D eigenvalue weighted by Gasteiger charge is -2.22.